The molecular weight excluding hydrogens is 299 g/mol. The Morgan fingerprint density at radius 2 is 2.16 bits per heavy atom. The van der Waals surface area contributed by atoms with Crippen molar-refractivity contribution in [2.45, 2.75) is 52.5 Å². The van der Waals surface area contributed by atoms with Gasteiger partial charge in [0.1, 0.15) is 0 Å². The summed E-state index contributed by atoms with van der Waals surface area (Å²) in [5.74, 6) is 1.54. The lowest BCUT2D eigenvalue weighted by Gasteiger charge is -2.16. The molecule has 0 aliphatic heterocycles. The molecule has 7 heteroatoms. The number of aliphatic imine (C=N–C) groups is 1. The summed E-state index contributed by atoms with van der Waals surface area (Å²) in [6, 6.07) is 0.399. The van der Waals surface area contributed by atoms with Crippen LogP contribution in [0.2, 0.25) is 0 Å². The summed E-state index contributed by atoms with van der Waals surface area (Å²) >= 11 is 0. The fourth-order valence-corrected chi connectivity index (χ4v) is 7.63. The lowest BCUT2D eigenvalue weighted by atomic mass is 10.3. The van der Waals surface area contributed by atoms with Crippen molar-refractivity contribution in [2.75, 3.05) is 12.4 Å². The zero-order valence-electron chi connectivity index (χ0n) is 12.0. The normalized spacial score (nSPS) is 20.2. The molecule has 112 valence electrons. The van der Waals surface area contributed by atoms with Crippen LogP contribution in [0.4, 0.5) is 0 Å². The predicted molar refractivity (Wildman–Crippen MR) is 88.0 cm³/mol. The van der Waals surface area contributed by atoms with E-state index in [2.05, 4.69) is 23.9 Å². The van der Waals surface area contributed by atoms with Crippen molar-refractivity contribution in [3.63, 3.8) is 0 Å². The van der Waals surface area contributed by atoms with E-state index in [1.165, 1.54) is 23.3 Å². The molecule has 1 unspecified atom stereocenters. The third-order valence-corrected chi connectivity index (χ3v) is 9.47. The highest BCUT2D eigenvalue weighted by Gasteiger charge is 2.23. The van der Waals surface area contributed by atoms with Gasteiger partial charge in [0.25, 0.3) is 0 Å². The van der Waals surface area contributed by atoms with Gasteiger partial charge in [-0.1, -0.05) is 37.5 Å². The summed E-state index contributed by atoms with van der Waals surface area (Å²) in [6.07, 6.45) is 6.39. The Morgan fingerprint density at radius 3 is 2.74 bits per heavy atom. The van der Waals surface area contributed by atoms with Gasteiger partial charge in [-0.15, -0.1) is 0 Å². The highest BCUT2D eigenvalue weighted by Crippen LogP contribution is 2.61. The second kappa shape index (κ2) is 9.32. The van der Waals surface area contributed by atoms with E-state index in [1.54, 1.807) is 17.1 Å². The van der Waals surface area contributed by atoms with Crippen molar-refractivity contribution in [1.29, 1.82) is 0 Å². The van der Waals surface area contributed by atoms with Crippen LogP contribution in [0.5, 0.6) is 0 Å². The molecule has 19 heavy (non-hydrogen) atoms. The first-order valence-corrected chi connectivity index (χ1v) is 11.5. The Bertz CT molecular complexity index is 321. The van der Waals surface area contributed by atoms with Gasteiger partial charge in [-0.25, -0.2) is 0 Å². The molecule has 1 N–H and O–H groups in total. The van der Waals surface area contributed by atoms with Crippen LogP contribution < -0.4 is 5.09 Å². The van der Waals surface area contributed by atoms with Crippen LogP contribution in [-0.2, 0) is 9.09 Å². The minimum atomic E-state index is -2.85. The monoisotopic (exact) mass is 324 g/mol. The number of nitrogens with zero attached hydrogens (tertiary/aromatic N) is 1. The fourth-order valence-electron chi connectivity index (χ4n) is 1.75. The second-order valence-corrected chi connectivity index (χ2v) is 11.2. The van der Waals surface area contributed by atoms with E-state index in [-0.39, 0.29) is 0 Å². The maximum atomic E-state index is 12.5. The van der Waals surface area contributed by atoms with Crippen molar-refractivity contribution in [1.82, 2.24) is 5.09 Å². The predicted octanol–water partition coefficient (Wildman–Crippen LogP) is 4.73. The number of hydrogen-bond acceptors (Lipinski definition) is 5. The number of hydrogen-bond donors (Lipinski definition) is 1. The quantitative estimate of drug-likeness (QED) is 0.288. The van der Waals surface area contributed by atoms with E-state index in [0.717, 1.165) is 18.6 Å². The molecule has 1 saturated carbocycles. The number of rotatable bonds is 9. The van der Waals surface area contributed by atoms with E-state index in [0.29, 0.717) is 18.6 Å². The lowest BCUT2D eigenvalue weighted by Crippen LogP contribution is -2.10. The molecule has 0 radical (unpaired) electrons. The molecule has 0 aromatic rings. The van der Waals surface area contributed by atoms with Crippen molar-refractivity contribution in [2.24, 2.45) is 10.9 Å². The van der Waals surface area contributed by atoms with Crippen LogP contribution in [0.25, 0.3) is 0 Å². The smallest absolute Gasteiger partial charge is 0.306 e. The molecule has 1 atom stereocenters. The molecule has 4 nitrogen and oxygen atoms in total. The van der Waals surface area contributed by atoms with Crippen molar-refractivity contribution >= 4 is 34.3 Å². The van der Waals surface area contributed by atoms with E-state index >= 15 is 0 Å². The number of nitrogens with one attached hydrogen (secondary N) is 1. The topological polar surface area (TPSA) is 50.7 Å². The van der Waals surface area contributed by atoms with Crippen molar-refractivity contribution in [3.8, 4) is 0 Å². The van der Waals surface area contributed by atoms with Crippen molar-refractivity contribution in [3.05, 3.63) is 0 Å². The van der Waals surface area contributed by atoms with Gasteiger partial charge in [0.05, 0.1) is 19.0 Å². The standard InChI is InChI=1S/C12H25N2O2PS2/c1-4-16-17(15,19-18-9-11(2)3)14-10-13-12-7-5-6-8-12/h10-12H,4-9H2,1-3H3,(H,13,14,15). The van der Waals surface area contributed by atoms with Gasteiger partial charge in [-0.3, -0.25) is 14.6 Å². The Labute approximate surface area is 124 Å². The summed E-state index contributed by atoms with van der Waals surface area (Å²) < 4.78 is 17.9. The maximum absolute atomic E-state index is 12.5. The summed E-state index contributed by atoms with van der Waals surface area (Å²) in [6.45, 7) is 3.74. The van der Waals surface area contributed by atoms with Gasteiger partial charge >= 0.3 is 6.72 Å². The Hall–Kier alpha value is 0.360. The first-order valence-electron chi connectivity index (χ1n) is 6.91. The van der Waals surface area contributed by atoms with Crippen LogP contribution in [0.3, 0.4) is 0 Å². The molecule has 0 bridgehead atoms. The molecule has 0 spiro atoms. The van der Waals surface area contributed by atoms with Crippen LogP contribution in [0.15, 0.2) is 4.99 Å². The summed E-state index contributed by atoms with van der Waals surface area (Å²) in [5.41, 5.74) is 0. The molecule has 1 aliphatic rings. The molecule has 0 aromatic carbocycles. The van der Waals surface area contributed by atoms with Crippen molar-refractivity contribution < 1.29 is 9.09 Å². The van der Waals surface area contributed by atoms with Crippen LogP contribution in [0, 0.1) is 5.92 Å². The highest BCUT2D eigenvalue weighted by molar-refractivity contribution is 8.99. The zero-order valence-corrected chi connectivity index (χ0v) is 14.5. The Kier molecular flexibility index (Phi) is 8.54. The van der Waals surface area contributed by atoms with E-state index < -0.39 is 6.72 Å². The van der Waals surface area contributed by atoms with Gasteiger partial charge in [-0.2, -0.15) is 0 Å². The first kappa shape index (κ1) is 17.4. The maximum Gasteiger partial charge on any atom is 0.362 e. The highest BCUT2D eigenvalue weighted by atomic mass is 33.3. The van der Waals surface area contributed by atoms with Gasteiger partial charge in [0.2, 0.25) is 0 Å². The van der Waals surface area contributed by atoms with Crippen LogP contribution in [-0.4, -0.2) is 24.7 Å². The Balaban J connectivity index is 2.38. The van der Waals surface area contributed by atoms with Crippen LogP contribution >= 0.6 is 27.9 Å². The van der Waals surface area contributed by atoms with Gasteiger partial charge in [0.15, 0.2) is 0 Å². The SMILES string of the molecule is CCOP(=O)(NC=NC1CCCC1)SSCC(C)C. The molecule has 1 rings (SSSR count). The first-order chi connectivity index (χ1) is 9.06. The van der Waals surface area contributed by atoms with Gasteiger partial charge < -0.3 is 4.52 Å². The average molecular weight is 324 g/mol. The third kappa shape index (κ3) is 7.64. The largest absolute Gasteiger partial charge is 0.362 e. The molecule has 1 fully saturated rings. The van der Waals surface area contributed by atoms with E-state index in [9.17, 15) is 4.57 Å². The Morgan fingerprint density at radius 1 is 1.47 bits per heavy atom. The second-order valence-electron chi connectivity index (χ2n) is 5.01. The third-order valence-electron chi connectivity index (χ3n) is 2.68. The molecule has 0 amide bonds. The average Bonchev–Trinajstić information content (AvgIpc) is 2.81. The minimum absolute atomic E-state index is 0.399. The molecule has 0 aromatic heterocycles. The van der Waals surface area contributed by atoms with Gasteiger partial charge in [0, 0.05) is 16.2 Å². The summed E-state index contributed by atoms with van der Waals surface area (Å²) in [4.78, 5) is 4.42. The zero-order chi connectivity index (χ0) is 14.1. The molecule has 0 saturated heterocycles. The lowest BCUT2D eigenvalue weighted by molar-refractivity contribution is 0.343. The molecule has 1 aliphatic carbocycles. The van der Waals surface area contributed by atoms with Crippen LogP contribution in [0.1, 0.15) is 46.5 Å². The van der Waals surface area contributed by atoms with E-state index in [1.807, 2.05) is 6.92 Å². The molecule has 0 heterocycles. The molecular formula is C12H25N2O2PS2. The minimum Gasteiger partial charge on any atom is -0.306 e. The summed E-state index contributed by atoms with van der Waals surface area (Å²) in [7, 11) is 2.90. The van der Waals surface area contributed by atoms with Gasteiger partial charge in [-0.05, 0) is 25.7 Å². The summed E-state index contributed by atoms with van der Waals surface area (Å²) in [5, 5.41) is 2.88. The fraction of sp³-hybridized carbons (Fsp3) is 0.917. The van der Waals surface area contributed by atoms with E-state index in [4.69, 9.17) is 4.52 Å².